The number of ether oxygens (including phenoxy) is 1. The first kappa shape index (κ1) is 22.4. The van der Waals surface area contributed by atoms with Crippen LogP contribution in [0.15, 0.2) is 53.8 Å². The van der Waals surface area contributed by atoms with Gasteiger partial charge in [-0.1, -0.05) is 23.9 Å². The Morgan fingerprint density at radius 2 is 1.97 bits per heavy atom. The minimum Gasteiger partial charge on any atom is -0.477 e. The lowest BCUT2D eigenvalue weighted by molar-refractivity contribution is 0.102. The standard InChI is InChI=1S/C22H26N6O2S/c1-4-30-20-14-25-18(13-26-20)21(29)27-17-8-6-16(7-9-17)19-10-5-15(2)28(19)12-11-24-22(23)31-3/h5-10,13-14H,4,11-12H2,1-3H3,(H2,23,24)(H,27,29). The number of hydrogen-bond donors (Lipinski definition) is 2. The van der Waals surface area contributed by atoms with E-state index in [9.17, 15) is 4.79 Å². The molecule has 0 aliphatic heterocycles. The molecule has 8 nitrogen and oxygen atoms in total. The number of aromatic nitrogens is 3. The molecule has 0 fully saturated rings. The molecule has 3 rings (SSSR count). The molecule has 3 aromatic rings. The van der Waals surface area contributed by atoms with Gasteiger partial charge in [0.05, 0.1) is 25.5 Å². The highest BCUT2D eigenvalue weighted by atomic mass is 32.2. The molecule has 1 aromatic carbocycles. The maximum atomic E-state index is 12.4. The molecule has 0 bridgehead atoms. The van der Waals surface area contributed by atoms with Crippen LogP contribution in [0.3, 0.4) is 0 Å². The van der Waals surface area contributed by atoms with E-state index in [0.29, 0.717) is 29.9 Å². The molecule has 2 heterocycles. The number of amidine groups is 1. The number of nitrogens with zero attached hydrogens (tertiary/aromatic N) is 4. The second-order valence-electron chi connectivity index (χ2n) is 6.64. The highest BCUT2D eigenvalue weighted by molar-refractivity contribution is 8.13. The van der Waals surface area contributed by atoms with Crippen molar-refractivity contribution in [1.82, 2.24) is 14.5 Å². The number of thioether (sulfide) groups is 1. The van der Waals surface area contributed by atoms with Gasteiger partial charge in [-0.25, -0.2) is 9.97 Å². The maximum Gasteiger partial charge on any atom is 0.275 e. The van der Waals surface area contributed by atoms with Crippen LogP contribution in [0.2, 0.25) is 0 Å². The zero-order valence-electron chi connectivity index (χ0n) is 17.8. The third-order valence-electron chi connectivity index (χ3n) is 4.59. The summed E-state index contributed by atoms with van der Waals surface area (Å²) in [5, 5.41) is 3.43. The first-order valence-corrected chi connectivity index (χ1v) is 11.1. The number of hydrogen-bond acceptors (Lipinski definition) is 6. The molecule has 162 valence electrons. The highest BCUT2D eigenvalue weighted by Crippen LogP contribution is 2.24. The summed E-state index contributed by atoms with van der Waals surface area (Å²) in [6.45, 7) is 5.78. The van der Waals surface area contributed by atoms with Crippen molar-refractivity contribution in [1.29, 1.82) is 0 Å². The number of aryl methyl sites for hydroxylation is 1. The van der Waals surface area contributed by atoms with Crippen LogP contribution in [0.4, 0.5) is 5.69 Å². The van der Waals surface area contributed by atoms with E-state index >= 15 is 0 Å². The van der Waals surface area contributed by atoms with E-state index < -0.39 is 0 Å². The molecule has 0 spiro atoms. The maximum absolute atomic E-state index is 12.4. The fourth-order valence-corrected chi connectivity index (χ4v) is 3.24. The average Bonchev–Trinajstić information content (AvgIpc) is 3.15. The van der Waals surface area contributed by atoms with Crippen LogP contribution >= 0.6 is 11.8 Å². The summed E-state index contributed by atoms with van der Waals surface area (Å²) in [6, 6.07) is 11.9. The number of carbonyl (C=O) groups is 1. The van der Waals surface area contributed by atoms with Crippen LogP contribution in [-0.2, 0) is 6.54 Å². The first-order valence-electron chi connectivity index (χ1n) is 9.88. The number of nitrogens with one attached hydrogen (secondary N) is 1. The molecule has 9 heteroatoms. The Kier molecular flexibility index (Phi) is 7.66. The van der Waals surface area contributed by atoms with Gasteiger partial charge >= 0.3 is 0 Å². The largest absolute Gasteiger partial charge is 0.477 e. The highest BCUT2D eigenvalue weighted by Gasteiger charge is 2.11. The molecule has 2 aromatic heterocycles. The molecule has 0 atom stereocenters. The van der Waals surface area contributed by atoms with E-state index in [4.69, 9.17) is 10.5 Å². The minimum atomic E-state index is -0.327. The third-order valence-corrected chi connectivity index (χ3v) is 5.14. The Balaban J connectivity index is 1.68. The van der Waals surface area contributed by atoms with Crippen molar-refractivity contribution in [3.05, 3.63) is 60.2 Å². The van der Waals surface area contributed by atoms with Gasteiger partial charge in [-0.05, 0) is 49.9 Å². The smallest absolute Gasteiger partial charge is 0.275 e. The predicted octanol–water partition coefficient (Wildman–Crippen LogP) is 3.58. The van der Waals surface area contributed by atoms with E-state index in [1.54, 1.807) is 0 Å². The molecule has 0 saturated carbocycles. The number of aliphatic imine (C=N–C) groups is 1. The average molecular weight is 439 g/mol. The number of amides is 1. The summed E-state index contributed by atoms with van der Waals surface area (Å²) >= 11 is 1.44. The van der Waals surface area contributed by atoms with Gasteiger partial charge in [-0.15, -0.1) is 0 Å². The Bertz CT molecular complexity index is 1040. The summed E-state index contributed by atoms with van der Waals surface area (Å²) < 4.78 is 7.45. The Labute approximate surface area is 186 Å². The lowest BCUT2D eigenvalue weighted by Crippen LogP contribution is -2.14. The van der Waals surface area contributed by atoms with Crippen molar-refractivity contribution < 1.29 is 9.53 Å². The van der Waals surface area contributed by atoms with Gasteiger partial charge in [0.25, 0.3) is 5.91 Å². The molecule has 31 heavy (non-hydrogen) atoms. The summed E-state index contributed by atoms with van der Waals surface area (Å²) in [5.41, 5.74) is 9.97. The third kappa shape index (κ3) is 5.85. The second kappa shape index (κ2) is 10.6. The lowest BCUT2D eigenvalue weighted by atomic mass is 10.1. The summed E-state index contributed by atoms with van der Waals surface area (Å²) in [6.07, 6.45) is 4.75. The predicted molar refractivity (Wildman–Crippen MR) is 126 cm³/mol. The van der Waals surface area contributed by atoms with Crippen LogP contribution in [0.25, 0.3) is 11.3 Å². The Morgan fingerprint density at radius 1 is 1.19 bits per heavy atom. The monoisotopic (exact) mass is 438 g/mol. The topological polar surface area (TPSA) is 107 Å². The fourth-order valence-electron chi connectivity index (χ4n) is 3.02. The SMILES string of the molecule is CCOc1cnc(C(=O)Nc2ccc(-c3ccc(C)n3CC/N=C(/N)SC)cc2)cn1. The number of anilines is 1. The molecular formula is C22H26N6O2S. The van der Waals surface area contributed by atoms with Crippen molar-refractivity contribution in [2.75, 3.05) is 24.7 Å². The van der Waals surface area contributed by atoms with Crippen LogP contribution in [0, 0.1) is 6.92 Å². The molecule has 0 aliphatic rings. The van der Waals surface area contributed by atoms with Crippen LogP contribution in [0.5, 0.6) is 5.88 Å². The van der Waals surface area contributed by atoms with Crippen LogP contribution < -0.4 is 15.8 Å². The van der Waals surface area contributed by atoms with Gasteiger partial charge in [0.1, 0.15) is 5.69 Å². The summed E-state index contributed by atoms with van der Waals surface area (Å²) in [4.78, 5) is 24.9. The van der Waals surface area contributed by atoms with Gasteiger partial charge in [0, 0.05) is 23.6 Å². The molecule has 0 unspecified atom stereocenters. The minimum absolute atomic E-state index is 0.224. The molecule has 0 radical (unpaired) electrons. The Hall–Kier alpha value is -3.33. The molecule has 0 aliphatic carbocycles. The van der Waals surface area contributed by atoms with Gasteiger partial charge in [-0.3, -0.25) is 9.79 Å². The Morgan fingerprint density at radius 3 is 2.61 bits per heavy atom. The fraction of sp³-hybridized carbons (Fsp3) is 0.273. The van der Waals surface area contributed by atoms with Gasteiger partial charge in [0.15, 0.2) is 5.17 Å². The van der Waals surface area contributed by atoms with Crippen molar-refractivity contribution in [2.45, 2.75) is 20.4 Å². The molecule has 0 saturated heterocycles. The van der Waals surface area contributed by atoms with Gasteiger partial charge in [-0.2, -0.15) is 0 Å². The number of rotatable bonds is 8. The van der Waals surface area contributed by atoms with Crippen molar-refractivity contribution in [3.8, 4) is 17.1 Å². The van der Waals surface area contributed by atoms with E-state index in [1.807, 2.05) is 37.4 Å². The number of carbonyl (C=O) groups excluding carboxylic acids is 1. The van der Waals surface area contributed by atoms with Crippen LogP contribution in [-0.4, -0.2) is 45.0 Å². The second-order valence-corrected chi connectivity index (χ2v) is 7.47. The van der Waals surface area contributed by atoms with Gasteiger partial charge < -0.3 is 20.4 Å². The first-order chi connectivity index (χ1) is 15.0. The van der Waals surface area contributed by atoms with Crippen LogP contribution in [0.1, 0.15) is 23.1 Å². The number of benzene rings is 1. The van der Waals surface area contributed by atoms with E-state index in [1.165, 1.54) is 24.2 Å². The zero-order chi connectivity index (χ0) is 22.2. The van der Waals surface area contributed by atoms with E-state index in [-0.39, 0.29) is 11.6 Å². The lowest BCUT2D eigenvalue weighted by Gasteiger charge is -2.12. The summed E-state index contributed by atoms with van der Waals surface area (Å²) in [5.74, 6) is 0.0651. The molecule has 1 amide bonds. The summed E-state index contributed by atoms with van der Waals surface area (Å²) in [7, 11) is 0. The van der Waals surface area contributed by atoms with Crippen molar-refractivity contribution in [2.24, 2.45) is 10.7 Å². The van der Waals surface area contributed by atoms with E-state index in [0.717, 1.165) is 23.5 Å². The molecule has 3 N–H and O–H groups in total. The molecular weight excluding hydrogens is 412 g/mol. The van der Waals surface area contributed by atoms with Crippen molar-refractivity contribution >= 4 is 28.5 Å². The van der Waals surface area contributed by atoms with E-state index in [2.05, 4.69) is 43.9 Å². The quantitative estimate of drug-likeness (QED) is 0.411. The zero-order valence-corrected chi connectivity index (χ0v) is 18.6. The van der Waals surface area contributed by atoms with Crippen molar-refractivity contribution in [3.63, 3.8) is 0 Å². The number of nitrogens with two attached hydrogens (primary N) is 1. The normalized spacial score (nSPS) is 11.4. The van der Waals surface area contributed by atoms with Gasteiger partial charge in [0.2, 0.25) is 5.88 Å².